The maximum atomic E-state index is 11.9. The van der Waals surface area contributed by atoms with Crippen LogP contribution in [0.5, 0.6) is 0 Å². The van der Waals surface area contributed by atoms with Crippen LogP contribution in [0.2, 0.25) is 0 Å². The summed E-state index contributed by atoms with van der Waals surface area (Å²) in [5, 5.41) is 0. The smallest absolute Gasteiger partial charge is 0.156 e. The lowest BCUT2D eigenvalue weighted by Gasteiger charge is -2.49. The van der Waals surface area contributed by atoms with Crippen molar-refractivity contribution in [2.75, 3.05) is 18.0 Å². The van der Waals surface area contributed by atoms with Crippen molar-refractivity contribution in [1.82, 2.24) is 0 Å². The molecule has 5 aliphatic rings. The minimum Gasteiger partial charge on any atom is -0.372 e. The lowest BCUT2D eigenvalue weighted by atomic mass is 9.56. The summed E-state index contributed by atoms with van der Waals surface area (Å²) in [5.74, 6) is 2.02. The molecule has 0 radical (unpaired) electrons. The minimum atomic E-state index is 0.358. The summed E-state index contributed by atoms with van der Waals surface area (Å²) in [6, 6.07) is 9.63. The first-order chi connectivity index (χ1) is 14.7. The molecule has 158 valence electrons. The van der Waals surface area contributed by atoms with E-state index in [4.69, 9.17) is 0 Å². The van der Waals surface area contributed by atoms with E-state index in [9.17, 15) is 4.79 Å². The van der Waals surface area contributed by atoms with Gasteiger partial charge in [-0.15, -0.1) is 0 Å². The highest BCUT2D eigenvalue weighted by Gasteiger charge is 2.51. The van der Waals surface area contributed by atoms with E-state index in [1.54, 1.807) is 16.7 Å². The van der Waals surface area contributed by atoms with Crippen LogP contribution in [0.15, 0.2) is 47.1 Å². The standard InChI is InChI=1S/C28H35NO/c30-23-10-12-24-21(18-23)7-11-26-25(24)13-15-28(14-3-4-27(26)28)19-20-5-8-22(9-6-20)29-16-1-2-17-29/h5-6,8-9,18,26-27H,1-4,7,10-17,19H2/t26-,27+,28+/m1/s1. The summed E-state index contributed by atoms with van der Waals surface area (Å²) in [5.41, 5.74) is 8.29. The molecule has 1 aliphatic heterocycles. The molecule has 1 aromatic rings. The summed E-state index contributed by atoms with van der Waals surface area (Å²) in [4.78, 5) is 14.5. The van der Waals surface area contributed by atoms with Gasteiger partial charge in [0, 0.05) is 25.2 Å². The Bertz CT molecular complexity index is 901. The molecule has 0 N–H and O–H groups in total. The maximum absolute atomic E-state index is 11.9. The van der Waals surface area contributed by atoms with E-state index in [2.05, 4.69) is 29.2 Å². The normalized spacial score (nSPS) is 33.3. The molecule has 0 aromatic heterocycles. The van der Waals surface area contributed by atoms with Gasteiger partial charge in [0.25, 0.3) is 0 Å². The van der Waals surface area contributed by atoms with E-state index in [0.717, 1.165) is 31.1 Å². The number of ketones is 1. The molecule has 0 bridgehead atoms. The van der Waals surface area contributed by atoms with Crippen LogP contribution >= 0.6 is 0 Å². The van der Waals surface area contributed by atoms with Gasteiger partial charge in [0.15, 0.2) is 5.78 Å². The second-order valence-corrected chi connectivity index (χ2v) is 10.7. The van der Waals surface area contributed by atoms with Gasteiger partial charge in [0.2, 0.25) is 0 Å². The lowest BCUT2D eigenvalue weighted by molar-refractivity contribution is -0.114. The quantitative estimate of drug-likeness (QED) is 0.583. The number of carbonyl (C=O) groups excluding carboxylic acids is 1. The summed E-state index contributed by atoms with van der Waals surface area (Å²) in [6.45, 7) is 2.46. The molecule has 1 saturated heterocycles. The summed E-state index contributed by atoms with van der Waals surface area (Å²) in [7, 11) is 0. The molecule has 2 heteroatoms. The summed E-state index contributed by atoms with van der Waals surface area (Å²) < 4.78 is 0. The number of hydrogen-bond acceptors (Lipinski definition) is 2. The number of hydrogen-bond donors (Lipinski definition) is 0. The molecule has 4 aliphatic carbocycles. The predicted molar refractivity (Wildman–Crippen MR) is 123 cm³/mol. The fourth-order valence-corrected chi connectivity index (χ4v) is 7.84. The molecule has 30 heavy (non-hydrogen) atoms. The van der Waals surface area contributed by atoms with Crippen LogP contribution in [0.4, 0.5) is 5.69 Å². The van der Waals surface area contributed by atoms with Gasteiger partial charge in [0.1, 0.15) is 0 Å². The van der Waals surface area contributed by atoms with Crippen molar-refractivity contribution in [3.63, 3.8) is 0 Å². The Hall–Kier alpha value is -1.83. The first kappa shape index (κ1) is 18.9. The Morgan fingerprint density at radius 1 is 0.900 bits per heavy atom. The number of carbonyl (C=O) groups is 1. The lowest BCUT2D eigenvalue weighted by Crippen LogP contribution is -2.40. The van der Waals surface area contributed by atoms with Crippen LogP contribution in [-0.2, 0) is 11.2 Å². The van der Waals surface area contributed by atoms with Crippen molar-refractivity contribution in [3.8, 4) is 0 Å². The van der Waals surface area contributed by atoms with E-state index >= 15 is 0 Å². The van der Waals surface area contributed by atoms with E-state index < -0.39 is 0 Å². The molecule has 3 fully saturated rings. The highest BCUT2D eigenvalue weighted by Crippen LogP contribution is 2.61. The second kappa shape index (κ2) is 7.39. The van der Waals surface area contributed by atoms with Crippen molar-refractivity contribution in [2.45, 2.75) is 77.0 Å². The number of fused-ring (bicyclic) bond motifs is 4. The van der Waals surface area contributed by atoms with Crippen molar-refractivity contribution >= 4 is 11.5 Å². The molecule has 0 amide bonds. The first-order valence-corrected chi connectivity index (χ1v) is 12.5. The number of benzene rings is 1. The Morgan fingerprint density at radius 3 is 2.57 bits per heavy atom. The molecule has 6 rings (SSSR count). The van der Waals surface area contributed by atoms with Crippen molar-refractivity contribution in [1.29, 1.82) is 0 Å². The molecule has 2 nitrogen and oxygen atoms in total. The topological polar surface area (TPSA) is 20.3 Å². The van der Waals surface area contributed by atoms with Gasteiger partial charge >= 0.3 is 0 Å². The van der Waals surface area contributed by atoms with Gasteiger partial charge in [-0.2, -0.15) is 0 Å². The molecule has 3 atom stereocenters. The van der Waals surface area contributed by atoms with Crippen molar-refractivity contribution < 1.29 is 4.79 Å². The molecular weight excluding hydrogens is 366 g/mol. The molecule has 1 aromatic carbocycles. The van der Waals surface area contributed by atoms with Gasteiger partial charge in [-0.3, -0.25) is 4.79 Å². The van der Waals surface area contributed by atoms with Crippen LogP contribution in [0.1, 0.15) is 76.2 Å². The zero-order valence-corrected chi connectivity index (χ0v) is 18.3. The van der Waals surface area contributed by atoms with Gasteiger partial charge in [-0.1, -0.05) is 24.1 Å². The average molecular weight is 402 g/mol. The van der Waals surface area contributed by atoms with Crippen LogP contribution in [0.3, 0.4) is 0 Å². The number of rotatable bonds is 3. The van der Waals surface area contributed by atoms with Gasteiger partial charge in [-0.25, -0.2) is 0 Å². The predicted octanol–water partition coefficient (Wildman–Crippen LogP) is 6.41. The summed E-state index contributed by atoms with van der Waals surface area (Å²) in [6.07, 6.45) is 17.1. The van der Waals surface area contributed by atoms with Crippen molar-refractivity contribution in [3.05, 3.63) is 52.6 Å². The third-order valence-corrected chi connectivity index (χ3v) is 9.22. The highest BCUT2D eigenvalue weighted by atomic mass is 16.1. The maximum Gasteiger partial charge on any atom is 0.156 e. The number of nitrogens with zero attached hydrogens (tertiary/aromatic N) is 1. The third-order valence-electron chi connectivity index (χ3n) is 9.22. The number of anilines is 1. The molecule has 1 heterocycles. The summed E-state index contributed by atoms with van der Waals surface area (Å²) >= 11 is 0. The van der Waals surface area contributed by atoms with E-state index in [-0.39, 0.29) is 0 Å². The highest BCUT2D eigenvalue weighted by molar-refractivity contribution is 5.93. The average Bonchev–Trinajstić information content (AvgIpc) is 3.44. The van der Waals surface area contributed by atoms with Crippen molar-refractivity contribution in [2.24, 2.45) is 17.3 Å². The fourth-order valence-electron chi connectivity index (χ4n) is 7.84. The van der Waals surface area contributed by atoms with Gasteiger partial charge in [0.05, 0.1) is 0 Å². The van der Waals surface area contributed by atoms with Crippen LogP contribution in [0, 0.1) is 17.3 Å². The zero-order valence-electron chi connectivity index (χ0n) is 18.3. The van der Waals surface area contributed by atoms with E-state index in [0.29, 0.717) is 11.2 Å². The Kier molecular flexibility index (Phi) is 4.66. The molecule has 0 spiro atoms. The monoisotopic (exact) mass is 401 g/mol. The molecular formula is C28H35NO. The number of allylic oxidation sites excluding steroid dienone is 4. The zero-order chi connectivity index (χ0) is 20.1. The minimum absolute atomic E-state index is 0.358. The largest absolute Gasteiger partial charge is 0.372 e. The van der Waals surface area contributed by atoms with E-state index in [1.165, 1.54) is 82.1 Å². The SMILES string of the molecule is O=C1C=C2CC[C@@H]3C(=C2CC1)CC[C@]1(Cc2ccc(N4CCCC4)cc2)CCC[C@@H]31. The van der Waals surface area contributed by atoms with Gasteiger partial charge in [-0.05, 0) is 116 Å². The second-order valence-electron chi connectivity index (χ2n) is 10.7. The molecule has 0 unspecified atom stereocenters. The Balaban J connectivity index is 1.25. The first-order valence-electron chi connectivity index (χ1n) is 12.5. The van der Waals surface area contributed by atoms with Crippen LogP contribution in [0.25, 0.3) is 0 Å². The molecule has 2 saturated carbocycles. The third kappa shape index (κ3) is 3.10. The Morgan fingerprint density at radius 2 is 1.73 bits per heavy atom. The van der Waals surface area contributed by atoms with Gasteiger partial charge < -0.3 is 4.90 Å². The van der Waals surface area contributed by atoms with Crippen LogP contribution < -0.4 is 4.90 Å². The van der Waals surface area contributed by atoms with Crippen LogP contribution in [-0.4, -0.2) is 18.9 Å². The fraction of sp³-hybridized carbons (Fsp3) is 0.607. The van der Waals surface area contributed by atoms with E-state index in [1.807, 2.05) is 6.08 Å². The Labute approximate surface area is 181 Å².